The van der Waals surface area contributed by atoms with Gasteiger partial charge in [0.25, 0.3) is 0 Å². The molecule has 0 bridgehead atoms. The van der Waals surface area contributed by atoms with E-state index in [0.29, 0.717) is 24.3 Å². The average molecular weight is 358 g/mol. The van der Waals surface area contributed by atoms with Crippen molar-refractivity contribution in [3.05, 3.63) is 59.2 Å². The number of hydrogen-bond donors (Lipinski definition) is 0. The van der Waals surface area contributed by atoms with E-state index in [2.05, 4.69) is 0 Å². The van der Waals surface area contributed by atoms with Crippen LogP contribution in [0.25, 0.3) is 11.1 Å². The lowest BCUT2D eigenvalue weighted by molar-refractivity contribution is -0.161. The highest BCUT2D eigenvalue weighted by Crippen LogP contribution is 2.45. The van der Waals surface area contributed by atoms with Gasteiger partial charge in [-0.3, -0.25) is 0 Å². The maximum atomic E-state index is 13.1. The van der Waals surface area contributed by atoms with Crippen LogP contribution in [0.2, 0.25) is 0 Å². The molecule has 0 heterocycles. The van der Waals surface area contributed by atoms with E-state index in [1.54, 1.807) is 0 Å². The highest BCUT2D eigenvalue weighted by atomic mass is 19.4. The van der Waals surface area contributed by atoms with E-state index in [9.17, 15) is 39.5 Å². The maximum absolute atomic E-state index is 13.1. The van der Waals surface area contributed by atoms with E-state index >= 15 is 0 Å². The summed E-state index contributed by atoms with van der Waals surface area (Å²) in [7, 11) is 0. The fourth-order valence-corrected chi connectivity index (χ4v) is 2.17. The Morgan fingerprint density at radius 1 is 0.542 bits per heavy atom. The molecule has 0 aromatic heterocycles. The van der Waals surface area contributed by atoms with Crippen molar-refractivity contribution in [2.75, 3.05) is 0 Å². The molecular weight excluding hydrogens is 351 g/mol. The topological polar surface area (TPSA) is 0 Å². The third kappa shape index (κ3) is 3.65. The van der Waals surface area contributed by atoms with E-state index in [1.807, 2.05) is 0 Å². The third-order valence-electron chi connectivity index (χ3n) is 3.18. The number of benzene rings is 2. The van der Waals surface area contributed by atoms with Crippen LogP contribution in [0.15, 0.2) is 42.5 Å². The van der Waals surface area contributed by atoms with E-state index in [-0.39, 0.29) is 6.07 Å². The molecule has 0 saturated carbocycles. The summed E-state index contributed by atoms with van der Waals surface area (Å²) in [5.74, 6) is 0. The minimum Gasteiger partial charge on any atom is -0.166 e. The van der Waals surface area contributed by atoms with E-state index in [1.165, 1.54) is 0 Å². The van der Waals surface area contributed by atoms with Gasteiger partial charge in [0.05, 0.1) is 16.7 Å². The second-order valence-corrected chi connectivity index (χ2v) is 4.80. The molecule has 0 amide bonds. The molecule has 0 radical (unpaired) electrons. The van der Waals surface area contributed by atoms with Crippen LogP contribution in [0.4, 0.5) is 39.5 Å². The Labute approximate surface area is 129 Å². The number of halogens is 9. The summed E-state index contributed by atoms with van der Waals surface area (Å²) in [6, 6.07) is 4.24. The zero-order chi connectivity index (χ0) is 18.3. The fraction of sp³-hybridized carbons (Fsp3) is 0.200. The first kappa shape index (κ1) is 18.2. The second kappa shape index (κ2) is 5.71. The monoisotopic (exact) mass is 358 g/mol. The van der Waals surface area contributed by atoms with Gasteiger partial charge in [0.1, 0.15) is 0 Å². The molecule has 0 saturated heterocycles. The predicted octanol–water partition coefficient (Wildman–Crippen LogP) is 6.41. The lowest BCUT2D eigenvalue weighted by atomic mass is 9.94. The molecule has 0 N–H and O–H groups in total. The van der Waals surface area contributed by atoms with Crippen molar-refractivity contribution in [2.24, 2.45) is 0 Å². The molecule has 2 aromatic rings. The van der Waals surface area contributed by atoms with Gasteiger partial charge < -0.3 is 0 Å². The normalized spacial score (nSPS) is 13.2. The molecule has 0 fully saturated rings. The van der Waals surface area contributed by atoms with Gasteiger partial charge >= 0.3 is 18.5 Å². The Kier molecular flexibility index (Phi) is 4.32. The Bertz CT molecular complexity index is 719. The molecule has 2 rings (SSSR count). The van der Waals surface area contributed by atoms with Crippen molar-refractivity contribution >= 4 is 0 Å². The van der Waals surface area contributed by atoms with Crippen LogP contribution in [0, 0.1) is 0 Å². The number of alkyl halides is 9. The maximum Gasteiger partial charge on any atom is 0.417 e. The fourth-order valence-electron chi connectivity index (χ4n) is 2.17. The molecule has 0 atom stereocenters. The van der Waals surface area contributed by atoms with Gasteiger partial charge in [-0.05, 0) is 29.3 Å². The lowest BCUT2D eigenvalue weighted by Gasteiger charge is -2.19. The molecular formula is C15H7F9. The first-order valence-corrected chi connectivity index (χ1v) is 6.27. The van der Waals surface area contributed by atoms with Gasteiger partial charge in [-0.2, -0.15) is 39.5 Å². The Morgan fingerprint density at radius 2 is 1.08 bits per heavy atom. The lowest BCUT2D eigenvalue weighted by Crippen LogP contribution is -2.17. The SMILES string of the molecule is FC(F)(F)c1ccc(-c2cccc(C(F)(F)F)c2C(F)(F)F)cc1. The van der Waals surface area contributed by atoms with Crippen LogP contribution < -0.4 is 0 Å². The molecule has 24 heavy (non-hydrogen) atoms. The van der Waals surface area contributed by atoms with Crippen molar-refractivity contribution in [1.29, 1.82) is 0 Å². The predicted molar refractivity (Wildman–Crippen MR) is 66.9 cm³/mol. The Balaban J connectivity index is 2.67. The summed E-state index contributed by atoms with van der Waals surface area (Å²) in [6.45, 7) is 0. The van der Waals surface area contributed by atoms with E-state index in [4.69, 9.17) is 0 Å². The zero-order valence-corrected chi connectivity index (χ0v) is 11.4. The Morgan fingerprint density at radius 3 is 1.50 bits per heavy atom. The molecule has 0 nitrogen and oxygen atoms in total. The molecule has 9 heteroatoms. The molecule has 0 aliphatic heterocycles. The van der Waals surface area contributed by atoms with Gasteiger partial charge in [0.2, 0.25) is 0 Å². The minimum absolute atomic E-state index is 0.274. The van der Waals surface area contributed by atoms with Gasteiger partial charge in [0.15, 0.2) is 0 Å². The smallest absolute Gasteiger partial charge is 0.166 e. The van der Waals surface area contributed by atoms with Crippen LogP contribution in [0.3, 0.4) is 0 Å². The average Bonchev–Trinajstić information content (AvgIpc) is 2.44. The number of hydrogen-bond acceptors (Lipinski definition) is 0. The van der Waals surface area contributed by atoms with E-state index in [0.717, 1.165) is 12.1 Å². The van der Waals surface area contributed by atoms with Crippen LogP contribution >= 0.6 is 0 Å². The van der Waals surface area contributed by atoms with Crippen molar-refractivity contribution in [1.82, 2.24) is 0 Å². The van der Waals surface area contributed by atoms with Crippen molar-refractivity contribution in [2.45, 2.75) is 18.5 Å². The second-order valence-electron chi connectivity index (χ2n) is 4.80. The Hall–Kier alpha value is -2.19. The summed E-state index contributed by atoms with van der Waals surface area (Å²) < 4.78 is 115. The summed E-state index contributed by atoms with van der Waals surface area (Å²) in [5.41, 5.74) is -6.19. The van der Waals surface area contributed by atoms with Crippen LogP contribution in [0.1, 0.15) is 16.7 Å². The van der Waals surface area contributed by atoms with Crippen molar-refractivity contribution in [3.8, 4) is 11.1 Å². The van der Waals surface area contributed by atoms with Gasteiger partial charge in [-0.15, -0.1) is 0 Å². The molecule has 0 unspecified atom stereocenters. The van der Waals surface area contributed by atoms with Crippen molar-refractivity contribution in [3.63, 3.8) is 0 Å². The largest absolute Gasteiger partial charge is 0.417 e. The third-order valence-corrected chi connectivity index (χ3v) is 3.18. The van der Waals surface area contributed by atoms with Crippen molar-refractivity contribution < 1.29 is 39.5 Å². The molecule has 130 valence electrons. The first-order valence-electron chi connectivity index (χ1n) is 6.27. The number of rotatable bonds is 1. The standard InChI is InChI=1S/C15H7F9/c16-13(17,18)9-6-4-8(5-7-9)10-2-1-3-11(14(19,20)21)12(10)15(22,23)24/h1-7H. The molecule has 0 aliphatic rings. The van der Waals surface area contributed by atoms with Crippen LogP contribution in [-0.2, 0) is 18.5 Å². The summed E-state index contributed by atoms with van der Waals surface area (Å²) >= 11 is 0. The highest BCUT2D eigenvalue weighted by Gasteiger charge is 2.44. The first-order chi connectivity index (χ1) is 10.8. The quantitative estimate of drug-likeness (QED) is 0.517. The summed E-state index contributed by atoms with van der Waals surface area (Å²) in [6.07, 6.45) is -15.3. The highest BCUT2D eigenvalue weighted by molar-refractivity contribution is 5.70. The van der Waals surface area contributed by atoms with Crippen LogP contribution in [-0.4, -0.2) is 0 Å². The van der Waals surface area contributed by atoms with Gasteiger partial charge in [-0.25, -0.2) is 0 Å². The van der Waals surface area contributed by atoms with E-state index < -0.39 is 46.3 Å². The zero-order valence-electron chi connectivity index (χ0n) is 11.4. The minimum atomic E-state index is -5.33. The van der Waals surface area contributed by atoms with Gasteiger partial charge in [0, 0.05) is 0 Å². The summed E-state index contributed by atoms with van der Waals surface area (Å²) in [4.78, 5) is 0. The van der Waals surface area contributed by atoms with Crippen LogP contribution in [0.5, 0.6) is 0 Å². The molecule has 0 spiro atoms. The molecule has 0 aliphatic carbocycles. The summed E-state index contributed by atoms with van der Waals surface area (Å²) in [5, 5.41) is 0. The molecule has 2 aromatic carbocycles. The van der Waals surface area contributed by atoms with Gasteiger partial charge in [-0.1, -0.05) is 24.3 Å².